The number of anilines is 1. The monoisotopic (exact) mass is 260 g/mol. The van der Waals surface area contributed by atoms with E-state index in [1.165, 1.54) is 6.07 Å². The molecule has 0 amide bonds. The first-order chi connectivity index (χ1) is 8.68. The summed E-state index contributed by atoms with van der Waals surface area (Å²) >= 11 is 4.97. The number of nitrogens with two attached hydrogens (primary N) is 1. The van der Waals surface area contributed by atoms with Gasteiger partial charge in [0.1, 0.15) is 10.8 Å². The normalized spacial score (nSPS) is 10.1. The Hall–Kier alpha value is -1.94. The first kappa shape index (κ1) is 12.5. The van der Waals surface area contributed by atoms with Gasteiger partial charge in [0.15, 0.2) is 0 Å². The summed E-state index contributed by atoms with van der Waals surface area (Å²) in [6.45, 7) is 0.395. The molecule has 0 spiro atoms. The topological polar surface area (TPSA) is 38.0 Å². The van der Waals surface area contributed by atoms with Crippen LogP contribution in [-0.4, -0.2) is 4.99 Å². The highest BCUT2D eigenvalue weighted by atomic mass is 32.1. The van der Waals surface area contributed by atoms with Gasteiger partial charge in [0.2, 0.25) is 0 Å². The van der Waals surface area contributed by atoms with Crippen LogP contribution >= 0.6 is 12.2 Å². The molecule has 0 radical (unpaired) electrons. The Labute approximate surface area is 111 Å². The van der Waals surface area contributed by atoms with Crippen molar-refractivity contribution in [2.24, 2.45) is 5.73 Å². The Bertz CT molecular complexity index is 569. The summed E-state index contributed by atoms with van der Waals surface area (Å²) in [7, 11) is 0. The number of thiocarbonyl (C=S) groups is 1. The molecule has 0 aliphatic rings. The Morgan fingerprint density at radius 3 is 2.50 bits per heavy atom. The van der Waals surface area contributed by atoms with Crippen LogP contribution in [0, 0.1) is 5.82 Å². The van der Waals surface area contributed by atoms with Crippen molar-refractivity contribution in [3.63, 3.8) is 0 Å². The van der Waals surface area contributed by atoms with Gasteiger partial charge in [0, 0.05) is 23.4 Å². The van der Waals surface area contributed by atoms with E-state index in [4.69, 9.17) is 18.0 Å². The molecule has 0 fully saturated rings. The lowest BCUT2D eigenvalue weighted by Crippen LogP contribution is -2.13. The highest BCUT2D eigenvalue weighted by molar-refractivity contribution is 7.80. The van der Waals surface area contributed by atoms with Crippen molar-refractivity contribution in [2.45, 2.75) is 6.54 Å². The smallest absolute Gasteiger partial charge is 0.128 e. The van der Waals surface area contributed by atoms with Gasteiger partial charge in [-0.15, -0.1) is 0 Å². The molecule has 0 heterocycles. The molecule has 2 aromatic rings. The molecule has 92 valence electrons. The molecule has 2 aromatic carbocycles. The Morgan fingerprint density at radius 2 is 1.78 bits per heavy atom. The SMILES string of the molecule is NC(=S)c1ccccc1NCc1ccccc1F. The van der Waals surface area contributed by atoms with Crippen LogP contribution in [0.4, 0.5) is 10.1 Å². The van der Waals surface area contributed by atoms with E-state index in [1.807, 2.05) is 24.3 Å². The molecule has 0 aliphatic carbocycles. The molecule has 0 unspecified atom stereocenters. The maximum absolute atomic E-state index is 13.5. The van der Waals surface area contributed by atoms with Gasteiger partial charge in [-0.3, -0.25) is 0 Å². The maximum atomic E-state index is 13.5. The van der Waals surface area contributed by atoms with E-state index in [0.29, 0.717) is 17.1 Å². The molecule has 0 bridgehead atoms. The summed E-state index contributed by atoms with van der Waals surface area (Å²) in [6, 6.07) is 14.1. The second-order valence-corrected chi connectivity index (χ2v) is 4.29. The van der Waals surface area contributed by atoms with Crippen molar-refractivity contribution in [1.82, 2.24) is 0 Å². The molecule has 4 heteroatoms. The predicted octanol–water partition coefficient (Wildman–Crippen LogP) is 3.07. The van der Waals surface area contributed by atoms with Crippen molar-refractivity contribution in [1.29, 1.82) is 0 Å². The van der Waals surface area contributed by atoms with Crippen molar-refractivity contribution in [3.05, 3.63) is 65.5 Å². The van der Waals surface area contributed by atoms with Gasteiger partial charge in [-0.05, 0) is 18.2 Å². The highest BCUT2D eigenvalue weighted by Crippen LogP contribution is 2.16. The van der Waals surface area contributed by atoms with Crippen LogP contribution < -0.4 is 11.1 Å². The van der Waals surface area contributed by atoms with Crippen molar-refractivity contribution >= 4 is 22.9 Å². The van der Waals surface area contributed by atoms with E-state index >= 15 is 0 Å². The van der Waals surface area contributed by atoms with Crippen molar-refractivity contribution < 1.29 is 4.39 Å². The second kappa shape index (κ2) is 5.60. The number of rotatable bonds is 4. The third-order valence-electron chi connectivity index (χ3n) is 2.62. The average molecular weight is 260 g/mol. The van der Waals surface area contributed by atoms with Gasteiger partial charge in [-0.25, -0.2) is 4.39 Å². The zero-order valence-corrected chi connectivity index (χ0v) is 10.5. The van der Waals surface area contributed by atoms with Crippen LogP contribution in [0.1, 0.15) is 11.1 Å². The Balaban J connectivity index is 2.16. The van der Waals surface area contributed by atoms with Crippen LogP contribution in [0.2, 0.25) is 0 Å². The van der Waals surface area contributed by atoms with Crippen LogP contribution in [0.5, 0.6) is 0 Å². The van der Waals surface area contributed by atoms with E-state index < -0.39 is 0 Å². The number of benzene rings is 2. The van der Waals surface area contributed by atoms with E-state index in [2.05, 4.69) is 5.32 Å². The lowest BCUT2D eigenvalue weighted by molar-refractivity contribution is 0.613. The number of halogens is 1. The fraction of sp³-hybridized carbons (Fsp3) is 0.0714. The van der Waals surface area contributed by atoms with Gasteiger partial charge in [-0.1, -0.05) is 42.5 Å². The number of hydrogen-bond acceptors (Lipinski definition) is 2. The van der Waals surface area contributed by atoms with Gasteiger partial charge in [-0.2, -0.15) is 0 Å². The van der Waals surface area contributed by atoms with E-state index in [-0.39, 0.29) is 5.82 Å². The third kappa shape index (κ3) is 2.84. The molecular weight excluding hydrogens is 247 g/mol. The lowest BCUT2D eigenvalue weighted by Gasteiger charge is -2.11. The van der Waals surface area contributed by atoms with Gasteiger partial charge in [0.05, 0.1) is 0 Å². The summed E-state index contributed by atoms with van der Waals surface area (Å²) in [5, 5.41) is 3.14. The minimum atomic E-state index is -0.224. The number of para-hydroxylation sites is 1. The zero-order chi connectivity index (χ0) is 13.0. The molecule has 2 rings (SSSR count). The molecule has 0 aliphatic heterocycles. The maximum Gasteiger partial charge on any atom is 0.128 e. The van der Waals surface area contributed by atoms with Gasteiger partial charge < -0.3 is 11.1 Å². The van der Waals surface area contributed by atoms with Gasteiger partial charge in [0.25, 0.3) is 0 Å². The first-order valence-electron chi connectivity index (χ1n) is 5.54. The second-order valence-electron chi connectivity index (χ2n) is 3.85. The van der Waals surface area contributed by atoms with Crippen LogP contribution in [0.3, 0.4) is 0 Å². The quantitative estimate of drug-likeness (QED) is 0.830. The first-order valence-corrected chi connectivity index (χ1v) is 5.95. The molecule has 0 aromatic heterocycles. The Kier molecular flexibility index (Phi) is 3.89. The highest BCUT2D eigenvalue weighted by Gasteiger charge is 2.05. The summed E-state index contributed by atoms with van der Waals surface area (Å²) in [4.78, 5) is 0.326. The summed E-state index contributed by atoms with van der Waals surface area (Å²) < 4.78 is 13.5. The van der Waals surface area contributed by atoms with E-state index in [1.54, 1.807) is 18.2 Å². The zero-order valence-electron chi connectivity index (χ0n) is 9.69. The number of nitrogens with one attached hydrogen (secondary N) is 1. The van der Waals surface area contributed by atoms with Crippen molar-refractivity contribution in [2.75, 3.05) is 5.32 Å². The van der Waals surface area contributed by atoms with Crippen LogP contribution in [0.25, 0.3) is 0 Å². The van der Waals surface area contributed by atoms with Gasteiger partial charge >= 0.3 is 0 Å². The summed E-state index contributed by atoms with van der Waals surface area (Å²) in [6.07, 6.45) is 0. The molecule has 2 nitrogen and oxygen atoms in total. The fourth-order valence-corrected chi connectivity index (χ4v) is 1.86. The molecule has 0 saturated carbocycles. The lowest BCUT2D eigenvalue weighted by atomic mass is 10.1. The minimum Gasteiger partial charge on any atom is -0.389 e. The Morgan fingerprint density at radius 1 is 1.11 bits per heavy atom. The predicted molar refractivity (Wildman–Crippen MR) is 76.1 cm³/mol. The molecule has 0 saturated heterocycles. The average Bonchev–Trinajstić information content (AvgIpc) is 2.38. The minimum absolute atomic E-state index is 0.224. The van der Waals surface area contributed by atoms with E-state index in [0.717, 1.165) is 11.3 Å². The molecule has 0 atom stereocenters. The largest absolute Gasteiger partial charge is 0.389 e. The third-order valence-corrected chi connectivity index (χ3v) is 2.84. The molecular formula is C14H13FN2S. The van der Waals surface area contributed by atoms with Crippen LogP contribution in [-0.2, 0) is 6.54 Å². The summed E-state index contributed by atoms with van der Waals surface area (Å²) in [5.74, 6) is -0.224. The van der Waals surface area contributed by atoms with Crippen molar-refractivity contribution in [3.8, 4) is 0 Å². The molecule has 18 heavy (non-hydrogen) atoms. The molecule has 3 N–H and O–H groups in total. The number of hydrogen-bond donors (Lipinski definition) is 2. The van der Waals surface area contributed by atoms with Crippen LogP contribution in [0.15, 0.2) is 48.5 Å². The van der Waals surface area contributed by atoms with E-state index in [9.17, 15) is 4.39 Å². The standard InChI is InChI=1S/C14H13FN2S/c15-12-7-3-1-5-10(12)9-17-13-8-4-2-6-11(13)14(16)18/h1-8,17H,9H2,(H2,16,18). The fourth-order valence-electron chi connectivity index (χ4n) is 1.68. The summed E-state index contributed by atoms with van der Waals surface area (Å²) in [5.41, 5.74) is 7.82.